The SMILES string of the molecule is CC(C)[C@@H]1CC[C@@H](C)C[C@H]1C(=O)n1c(=O)n(CCN)c2cc(C(=O)NC(CO)[C@@H](O)c3ccccc3)ccc21. The molecule has 39 heavy (non-hydrogen) atoms. The van der Waals surface area contributed by atoms with Gasteiger partial charge in [-0.3, -0.25) is 14.2 Å². The van der Waals surface area contributed by atoms with Crippen molar-refractivity contribution >= 4 is 22.8 Å². The molecule has 5 atom stereocenters. The summed E-state index contributed by atoms with van der Waals surface area (Å²) in [7, 11) is 0. The van der Waals surface area contributed by atoms with E-state index in [0.717, 1.165) is 19.3 Å². The van der Waals surface area contributed by atoms with Gasteiger partial charge in [0.1, 0.15) is 6.10 Å². The lowest BCUT2D eigenvalue weighted by molar-refractivity contribution is 0.0633. The molecule has 4 rings (SSSR count). The Morgan fingerprint density at radius 3 is 2.46 bits per heavy atom. The highest BCUT2D eigenvalue weighted by Gasteiger charge is 2.37. The number of carbonyl (C=O) groups excluding carboxylic acids is 2. The van der Waals surface area contributed by atoms with Crippen LogP contribution in [0.15, 0.2) is 53.3 Å². The number of nitrogens with two attached hydrogens (primary N) is 1. The summed E-state index contributed by atoms with van der Waals surface area (Å²) in [4.78, 5) is 40.6. The summed E-state index contributed by atoms with van der Waals surface area (Å²) in [5.41, 5.74) is 7.05. The van der Waals surface area contributed by atoms with Gasteiger partial charge in [-0.05, 0) is 54.4 Å². The number of imidazole rings is 1. The molecule has 0 saturated heterocycles. The molecule has 1 amide bonds. The minimum Gasteiger partial charge on any atom is -0.394 e. The molecule has 210 valence electrons. The number of aliphatic hydroxyl groups is 2. The zero-order valence-electron chi connectivity index (χ0n) is 22.9. The van der Waals surface area contributed by atoms with Crippen LogP contribution in [0.2, 0.25) is 0 Å². The van der Waals surface area contributed by atoms with E-state index in [1.54, 1.807) is 42.5 Å². The molecular weight excluding hydrogens is 496 g/mol. The Bertz CT molecular complexity index is 1360. The van der Waals surface area contributed by atoms with Gasteiger partial charge in [-0.25, -0.2) is 9.36 Å². The lowest BCUT2D eigenvalue weighted by atomic mass is 9.69. The van der Waals surface area contributed by atoms with Crippen molar-refractivity contribution in [1.82, 2.24) is 14.5 Å². The lowest BCUT2D eigenvalue weighted by Crippen LogP contribution is -2.42. The minimum absolute atomic E-state index is 0.189. The standard InChI is InChI=1S/C30H40N4O5/c1-18(2)22-11-9-19(3)15-23(22)29(38)34-25-12-10-21(16-26(25)33(14-13-31)30(34)39)28(37)32-24(17-35)27(36)20-7-5-4-6-8-20/h4-8,10,12,16,18-19,22-24,27,35-36H,9,11,13-15,17,31H2,1-3H3,(H,32,37)/t19-,22+,23-,24?,27+/m1/s1. The second kappa shape index (κ2) is 12.3. The number of aromatic nitrogens is 2. The molecule has 1 aliphatic carbocycles. The largest absolute Gasteiger partial charge is 0.394 e. The van der Waals surface area contributed by atoms with Crippen molar-refractivity contribution in [1.29, 1.82) is 0 Å². The van der Waals surface area contributed by atoms with E-state index in [-0.39, 0.29) is 36.4 Å². The molecule has 1 heterocycles. The molecule has 0 aliphatic heterocycles. The average molecular weight is 537 g/mol. The van der Waals surface area contributed by atoms with Gasteiger partial charge in [0.25, 0.3) is 5.91 Å². The van der Waals surface area contributed by atoms with Crippen LogP contribution in [0.25, 0.3) is 11.0 Å². The van der Waals surface area contributed by atoms with Gasteiger partial charge >= 0.3 is 5.69 Å². The van der Waals surface area contributed by atoms with E-state index in [9.17, 15) is 24.6 Å². The summed E-state index contributed by atoms with van der Waals surface area (Å²) in [6, 6.07) is 12.6. The molecule has 1 fully saturated rings. The van der Waals surface area contributed by atoms with E-state index in [1.807, 2.05) is 6.07 Å². The molecular formula is C30H40N4O5. The third kappa shape index (κ3) is 5.85. The monoisotopic (exact) mass is 536 g/mol. The van der Waals surface area contributed by atoms with Crippen molar-refractivity contribution in [3.63, 3.8) is 0 Å². The van der Waals surface area contributed by atoms with Crippen LogP contribution < -0.4 is 16.7 Å². The predicted octanol–water partition coefficient (Wildman–Crippen LogP) is 2.93. The minimum atomic E-state index is -1.11. The van der Waals surface area contributed by atoms with Crippen molar-refractivity contribution in [2.45, 2.75) is 58.7 Å². The number of amides is 1. The van der Waals surface area contributed by atoms with Gasteiger partial charge in [0.05, 0.1) is 23.7 Å². The predicted molar refractivity (Wildman–Crippen MR) is 150 cm³/mol. The van der Waals surface area contributed by atoms with Crippen molar-refractivity contribution < 1.29 is 19.8 Å². The third-order valence-corrected chi connectivity index (χ3v) is 8.14. The summed E-state index contributed by atoms with van der Waals surface area (Å²) in [6.07, 6.45) is 1.66. The zero-order valence-corrected chi connectivity index (χ0v) is 22.9. The molecule has 0 spiro atoms. The van der Waals surface area contributed by atoms with Crippen molar-refractivity contribution in [3.8, 4) is 0 Å². The van der Waals surface area contributed by atoms with E-state index in [0.29, 0.717) is 28.4 Å². The first-order chi connectivity index (χ1) is 18.7. The fourth-order valence-electron chi connectivity index (χ4n) is 5.97. The summed E-state index contributed by atoms with van der Waals surface area (Å²) in [6.45, 7) is 6.32. The van der Waals surface area contributed by atoms with Crippen LogP contribution in [0, 0.1) is 23.7 Å². The van der Waals surface area contributed by atoms with Gasteiger partial charge in [-0.1, -0.05) is 57.5 Å². The lowest BCUT2D eigenvalue weighted by Gasteiger charge is -2.36. The summed E-state index contributed by atoms with van der Waals surface area (Å²) in [5, 5.41) is 23.3. The Hall–Kier alpha value is -3.27. The molecule has 9 heteroatoms. The van der Waals surface area contributed by atoms with E-state index in [4.69, 9.17) is 5.73 Å². The van der Waals surface area contributed by atoms with Gasteiger partial charge in [0, 0.05) is 24.6 Å². The van der Waals surface area contributed by atoms with Gasteiger partial charge in [-0.15, -0.1) is 0 Å². The number of fused-ring (bicyclic) bond motifs is 1. The Kier molecular flexibility index (Phi) is 9.04. The fraction of sp³-hybridized carbons (Fsp3) is 0.500. The van der Waals surface area contributed by atoms with E-state index in [2.05, 4.69) is 26.1 Å². The first kappa shape index (κ1) is 28.7. The number of nitrogens with one attached hydrogen (secondary N) is 1. The third-order valence-electron chi connectivity index (χ3n) is 8.14. The van der Waals surface area contributed by atoms with Crippen LogP contribution in [-0.4, -0.2) is 50.4 Å². The number of hydrogen-bond donors (Lipinski definition) is 4. The fourth-order valence-corrected chi connectivity index (χ4v) is 5.97. The maximum absolute atomic E-state index is 13.9. The molecule has 5 N–H and O–H groups in total. The normalized spacial score (nSPS) is 21.2. The highest BCUT2D eigenvalue weighted by Crippen LogP contribution is 2.39. The van der Waals surface area contributed by atoms with Crippen molar-refractivity contribution in [2.24, 2.45) is 29.4 Å². The molecule has 3 aromatic rings. The summed E-state index contributed by atoms with van der Waals surface area (Å²) < 4.78 is 2.71. The Labute approximate surface area is 228 Å². The topological polar surface area (TPSA) is 140 Å². The second-order valence-corrected chi connectivity index (χ2v) is 11.2. The average Bonchev–Trinajstić information content (AvgIpc) is 3.21. The smallest absolute Gasteiger partial charge is 0.336 e. The highest BCUT2D eigenvalue weighted by atomic mass is 16.3. The van der Waals surface area contributed by atoms with Crippen LogP contribution in [0.3, 0.4) is 0 Å². The summed E-state index contributed by atoms with van der Waals surface area (Å²) in [5.74, 6) is -0.0444. The molecule has 0 bridgehead atoms. The van der Waals surface area contributed by atoms with Crippen LogP contribution in [0.5, 0.6) is 0 Å². The first-order valence-corrected chi connectivity index (χ1v) is 13.8. The van der Waals surface area contributed by atoms with E-state index in [1.165, 1.54) is 9.13 Å². The van der Waals surface area contributed by atoms with Gasteiger partial charge in [0.15, 0.2) is 0 Å². The van der Waals surface area contributed by atoms with Gasteiger partial charge < -0.3 is 21.3 Å². The molecule has 9 nitrogen and oxygen atoms in total. The van der Waals surface area contributed by atoms with E-state index < -0.39 is 30.3 Å². The second-order valence-electron chi connectivity index (χ2n) is 11.2. The van der Waals surface area contributed by atoms with Crippen LogP contribution in [0.4, 0.5) is 0 Å². The number of rotatable bonds is 9. The Morgan fingerprint density at radius 2 is 1.82 bits per heavy atom. The maximum Gasteiger partial charge on any atom is 0.336 e. The molecule has 1 saturated carbocycles. The highest BCUT2D eigenvalue weighted by molar-refractivity contribution is 5.99. The van der Waals surface area contributed by atoms with Crippen LogP contribution in [-0.2, 0) is 6.54 Å². The summed E-state index contributed by atoms with van der Waals surface area (Å²) >= 11 is 0. The quantitative estimate of drug-likeness (QED) is 0.332. The van der Waals surface area contributed by atoms with Crippen LogP contribution in [0.1, 0.15) is 66.9 Å². The number of benzene rings is 2. The number of hydrogen-bond acceptors (Lipinski definition) is 6. The van der Waals surface area contributed by atoms with Gasteiger partial charge in [0.2, 0.25) is 5.91 Å². The zero-order chi connectivity index (χ0) is 28.3. The molecule has 1 aliphatic rings. The number of carbonyl (C=O) groups is 2. The Balaban J connectivity index is 1.68. The van der Waals surface area contributed by atoms with Crippen molar-refractivity contribution in [3.05, 3.63) is 70.1 Å². The van der Waals surface area contributed by atoms with Crippen LogP contribution >= 0.6 is 0 Å². The molecule has 0 radical (unpaired) electrons. The number of nitrogens with zero attached hydrogens (tertiary/aromatic N) is 2. The van der Waals surface area contributed by atoms with Crippen molar-refractivity contribution in [2.75, 3.05) is 13.2 Å². The van der Waals surface area contributed by atoms with E-state index >= 15 is 0 Å². The molecule has 1 unspecified atom stereocenters. The molecule has 1 aromatic heterocycles. The number of aliphatic hydroxyl groups excluding tert-OH is 2. The Morgan fingerprint density at radius 1 is 1.10 bits per heavy atom. The van der Waals surface area contributed by atoms with Gasteiger partial charge in [-0.2, -0.15) is 0 Å². The first-order valence-electron chi connectivity index (χ1n) is 13.8. The maximum atomic E-state index is 13.9. The molecule has 2 aromatic carbocycles.